The van der Waals surface area contributed by atoms with Crippen molar-refractivity contribution in [3.8, 4) is 5.75 Å². The molecule has 0 fully saturated rings. The van der Waals surface area contributed by atoms with E-state index >= 15 is 0 Å². The van der Waals surface area contributed by atoms with Crippen molar-refractivity contribution in [3.05, 3.63) is 39.9 Å². The standard InChI is InChI=1S/C10H10N2O2/c1-6-3-4-12-9(8(6)13)11-5-7(2)10(12)14/h3-5,13H,1-2H3. The third-order valence-corrected chi connectivity index (χ3v) is 2.22. The maximum absolute atomic E-state index is 11.6. The van der Waals surface area contributed by atoms with Crippen molar-refractivity contribution in [1.82, 2.24) is 9.38 Å². The van der Waals surface area contributed by atoms with Gasteiger partial charge < -0.3 is 5.11 Å². The lowest BCUT2D eigenvalue weighted by molar-refractivity contribution is 0.472. The van der Waals surface area contributed by atoms with Crippen LogP contribution in [0.15, 0.2) is 23.3 Å². The lowest BCUT2D eigenvalue weighted by Gasteiger charge is -2.04. The highest BCUT2D eigenvalue weighted by Crippen LogP contribution is 2.19. The molecule has 0 unspecified atom stereocenters. The molecule has 0 aliphatic rings. The molecule has 0 radical (unpaired) electrons. The lowest BCUT2D eigenvalue weighted by Crippen LogP contribution is -2.16. The van der Waals surface area contributed by atoms with Crippen LogP contribution < -0.4 is 5.56 Å². The Balaban J connectivity index is 3.02. The fourth-order valence-electron chi connectivity index (χ4n) is 1.32. The number of fused-ring (bicyclic) bond motifs is 1. The molecule has 0 aliphatic carbocycles. The van der Waals surface area contributed by atoms with Crippen LogP contribution in [-0.2, 0) is 0 Å². The Labute approximate surface area is 80.5 Å². The molecule has 0 saturated carbocycles. The molecule has 0 bridgehead atoms. The van der Waals surface area contributed by atoms with Crippen LogP contribution >= 0.6 is 0 Å². The van der Waals surface area contributed by atoms with E-state index in [0.29, 0.717) is 16.8 Å². The van der Waals surface area contributed by atoms with E-state index in [4.69, 9.17) is 0 Å². The zero-order valence-electron chi connectivity index (χ0n) is 7.98. The van der Waals surface area contributed by atoms with Gasteiger partial charge in [-0.1, -0.05) is 0 Å². The van der Waals surface area contributed by atoms with Crippen LogP contribution in [0.3, 0.4) is 0 Å². The Morgan fingerprint density at radius 1 is 1.36 bits per heavy atom. The minimum absolute atomic E-state index is 0.0598. The fourth-order valence-corrected chi connectivity index (χ4v) is 1.32. The van der Waals surface area contributed by atoms with E-state index in [-0.39, 0.29) is 11.3 Å². The quantitative estimate of drug-likeness (QED) is 0.674. The summed E-state index contributed by atoms with van der Waals surface area (Å²) in [6.45, 7) is 3.46. The highest BCUT2D eigenvalue weighted by Gasteiger charge is 2.06. The third kappa shape index (κ3) is 1.08. The Kier molecular flexibility index (Phi) is 1.77. The predicted molar refractivity (Wildman–Crippen MR) is 52.6 cm³/mol. The van der Waals surface area contributed by atoms with Gasteiger partial charge >= 0.3 is 0 Å². The average Bonchev–Trinajstić information content (AvgIpc) is 2.17. The normalized spacial score (nSPS) is 10.7. The van der Waals surface area contributed by atoms with E-state index < -0.39 is 0 Å². The Bertz CT molecular complexity index is 558. The first-order valence-corrected chi connectivity index (χ1v) is 4.28. The van der Waals surface area contributed by atoms with E-state index in [1.807, 2.05) is 0 Å². The first-order chi connectivity index (χ1) is 6.61. The molecule has 0 aliphatic heterocycles. The summed E-state index contributed by atoms with van der Waals surface area (Å²) < 4.78 is 1.34. The highest BCUT2D eigenvalue weighted by molar-refractivity contribution is 5.56. The van der Waals surface area contributed by atoms with Gasteiger partial charge in [0.2, 0.25) is 0 Å². The van der Waals surface area contributed by atoms with Crippen LogP contribution in [0.25, 0.3) is 5.65 Å². The van der Waals surface area contributed by atoms with E-state index in [0.717, 1.165) is 0 Å². The lowest BCUT2D eigenvalue weighted by atomic mass is 10.2. The van der Waals surface area contributed by atoms with Crippen molar-refractivity contribution >= 4 is 5.65 Å². The summed E-state index contributed by atoms with van der Waals surface area (Å²) in [6, 6.07) is 1.69. The monoisotopic (exact) mass is 190 g/mol. The predicted octanol–water partition coefficient (Wildman–Crippen LogP) is 1.02. The molecule has 4 nitrogen and oxygen atoms in total. The van der Waals surface area contributed by atoms with Crippen LogP contribution in [0.4, 0.5) is 0 Å². The van der Waals surface area contributed by atoms with E-state index in [1.54, 1.807) is 26.1 Å². The number of nitrogens with zero attached hydrogens (tertiary/aromatic N) is 2. The minimum Gasteiger partial charge on any atom is -0.504 e. The molecule has 4 heteroatoms. The van der Waals surface area contributed by atoms with Gasteiger partial charge in [-0.15, -0.1) is 0 Å². The summed E-state index contributed by atoms with van der Waals surface area (Å²) >= 11 is 0. The van der Waals surface area contributed by atoms with Gasteiger partial charge in [0, 0.05) is 18.0 Å². The SMILES string of the molecule is Cc1ccn2c(=O)c(C)cnc2c1O. The van der Waals surface area contributed by atoms with Gasteiger partial charge in [0.1, 0.15) is 0 Å². The van der Waals surface area contributed by atoms with Crippen LogP contribution in [0, 0.1) is 13.8 Å². The van der Waals surface area contributed by atoms with E-state index in [1.165, 1.54) is 10.6 Å². The summed E-state index contributed by atoms with van der Waals surface area (Å²) in [5, 5.41) is 9.65. The smallest absolute Gasteiger partial charge is 0.260 e. The summed E-state index contributed by atoms with van der Waals surface area (Å²) in [7, 11) is 0. The van der Waals surface area contributed by atoms with Gasteiger partial charge in [0.25, 0.3) is 5.56 Å². The van der Waals surface area contributed by atoms with Gasteiger partial charge in [0.05, 0.1) is 0 Å². The molecule has 72 valence electrons. The molecule has 14 heavy (non-hydrogen) atoms. The Morgan fingerprint density at radius 3 is 2.79 bits per heavy atom. The number of aromatic nitrogens is 2. The summed E-state index contributed by atoms with van der Waals surface area (Å²) in [4.78, 5) is 15.6. The van der Waals surface area contributed by atoms with Gasteiger partial charge in [-0.05, 0) is 25.5 Å². The maximum Gasteiger partial charge on any atom is 0.260 e. The second-order valence-corrected chi connectivity index (χ2v) is 3.29. The molecule has 2 rings (SSSR count). The van der Waals surface area contributed by atoms with E-state index in [2.05, 4.69) is 4.98 Å². The van der Waals surface area contributed by atoms with Crippen molar-refractivity contribution in [2.24, 2.45) is 0 Å². The summed E-state index contributed by atoms with van der Waals surface area (Å²) in [5.41, 5.74) is 1.43. The van der Waals surface area contributed by atoms with Crippen molar-refractivity contribution in [2.45, 2.75) is 13.8 Å². The largest absolute Gasteiger partial charge is 0.504 e. The fraction of sp³-hybridized carbons (Fsp3) is 0.200. The first-order valence-electron chi connectivity index (χ1n) is 4.28. The number of aryl methyl sites for hydroxylation is 2. The second-order valence-electron chi connectivity index (χ2n) is 3.29. The molecule has 0 aromatic carbocycles. The number of pyridine rings is 1. The molecular formula is C10H10N2O2. The summed E-state index contributed by atoms with van der Waals surface area (Å²) in [5.74, 6) is 0.0598. The summed E-state index contributed by atoms with van der Waals surface area (Å²) in [6.07, 6.45) is 3.09. The van der Waals surface area contributed by atoms with Gasteiger partial charge in [0.15, 0.2) is 11.4 Å². The zero-order chi connectivity index (χ0) is 10.3. The molecular weight excluding hydrogens is 180 g/mol. The first kappa shape index (κ1) is 8.74. The van der Waals surface area contributed by atoms with Crippen LogP contribution in [0.2, 0.25) is 0 Å². The maximum atomic E-state index is 11.6. The average molecular weight is 190 g/mol. The number of hydrogen-bond acceptors (Lipinski definition) is 3. The molecule has 0 amide bonds. The molecule has 0 saturated heterocycles. The molecule has 2 aromatic heterocycles. The molecule has 2 aromatic rings. The van der Waals surface area contributed by atoms with Crippen molar-refractivity contribution in [1.29, 1.82) is 0 Å². The molecule has 1 N–H and O–H groups in total. The van der Waals surface area contributed by atoms with Crippen molar-refractivity contribution < 1.29 is 5.11 Å². The van der Waals surface area contributed by atoms with Gasteiger partial charge in [-0.25, -0.2) is 4.98 Å². The Morgan fingerprint density at radius 2 is 2.07 bits per heavy atom. The molecule has 0 atom stereocenters. The van der Waals surface area contributed by atoms with Crippen LogP contribution in [0.1, 0.15) is 11.1 Å². The highest BCUT2D eigenvalue weighted by atomic mass is 16.3. The second kappa shape index (κ2) is 2.83. The van der Waals surface area contributed by atoms with Gasteiger partial charge in [-0.2, -0.15) is 0 Å². The van der Waals surface area contributed by atoms with Crippen LogP contribution in [-0.4, -0.2) is 14.5 Å². The number of aromatic hydroxyl groups is 1. The number of hydrogen-bond donors (Lipinski definition) is 1. The topological polar surface area (TPSA) is 54.6 Å². The minimum atomic E-state index is -0.148. The van der Waals surface area contributed by atoms with Crippen molar-refractivity contribution in [2.75, 3.05) is 0 Å². The number of rotatable bonds is 0. The zero-order valence-corrected chi connectivity index (χ0v) is 7.98. The molecule has 0 spiro atoms. The van der Waals surface area contributed by atoms with Crippen molar-refractivity contribution in [3.63, 3.8) is 0 Å². The molecule has 2 heterocycles. The van der Waals surface area contributed by atoms with E-state index in [9.17, 15) is 9.90 Å². The van der Waals surface area contributed by atoms with Gasteiger partial charge in [-0.3, -0.25) is 9.20 Å². The third-order valence-electron chi connectivity index (χ3n) is 2.22. The Hall–Kier alpha value is -1.84. The van der Waals surface area contributed by atoms with Crippen LogP contribution in [0.5, 0.6) is 5.75 Å².